The molecule has 0 amide bonds. The van der Waals surface area contributed by atoms with Gasteiger partial charge in [-0.2, -0.15) is 4.98 Å². The minimum atomic E-state index is -0.452. The van der Waals surface area contributed by atoms with E-state index in [4.69, 9.17) is 16.1 Å². The third kappa shape index (κ3) is 4.51. The molecule has 0 saturated carbocycles. The van der Waals surface area contributed by atoms with Gasteiger partial charge >= 0.3 is 0 Å². The zero-order valence-corrected chi connectivity index (χ0v) is 13.0. The first-order valence-electron chi connectivity index (χ1n) is 6.42. The van der Waals surface area contributed by atoms with Crippen LogP contribution in [0.15, 0.2) is 33.7 Å². The number of hydrogen-bond donors (Lipinski definition) is 1. The fourth-order valence-electron chi connectivity index (χ4n) is 1.52. The Kier molecular flexibility index (Phi) is 5.46. The van der Waals surface area contributed by atoms with Crippen molar-refractivity contribution in [1.29, 1.82) is 0 Å². The predicted octanol–water partition coefficient (Wildman–Crippen LogP) is 3.57. The van der Waals surface area contributed by atoms with Crippen molar-refractivity contribution in [3.63, 3.8) is 0 Å². The number of benzene rings is 1. The van der Waals surface area contributed by atoms with Gasteiger partial charge < -0.3 is 9.63 Å². The van der Waals surface area contributed by atoms with Crippen LogP contribution >= 0.6 is 23.4 Å². The highest BCUT2D eigenvalue weighted by atomic mass is 35.5. The van der Waals surface area contributed by atoms with Crippen molar-refractivity contribution in [2.45, 2.75) is 37.0 Å². The molecule has 1 heterocycles. The van der Waals surface area contributed by atoms with E-state index in [1.54, 1.807) is 11.8 Å². The molecule has 1 aromatic heterocycles. The van der Waals surface area contributed by atoms with E-state index in [1.807, 2.05) is 38.1 Å². The lowest BCUT2D eigenvalue weighted by molar-refractivity contribution is 0.116. The van der Waals surface area contributed by atoms with Gasteiger partial charge in [-0.15, -0.1) is 11.8 Å². The molecule has 20 heavy (non-hydrogen) atoms. The molecule has 108 valence electrons. The zero-order valence-electron chi connectivity index (χ0n) is 11.4. The molecule has 1 aromatic carbocycles. The third-order valence-corrected chi connectivity index (χ3v) is 4.11. The second kappa shape index (κ2) is 7.11. The molecule has 0 bridgehead atoms. The maximum absolute atomic E-state index is 9.78. The lowest BCUT2D eigenvalue weighted by Crippen LogP contribution is -2.17. The fraction of sp³-hybridized carbons (Fsp3) is 0.429. The van der Waals surface area contributed by atoms with Crippen LogP contribution in [0.1, 0.15) is 25.6 Å². The van der Waals surface area contributed by atoms with E-state index in [0.717, 1.165) is 9.92 Å². The van der Waals surface area contributed by atoms with Crippen molar-refractivity contribution in [2.24, 2.45) is 5.92 Å². The van der Waals surface area contributed by atoms with Gasteiger partial charge in [0.25, 0.3) is 0 Å². The number of nitrogens with zero attached hydrogens (tertiary/aromatic N) is 2. The van der Waals surface area contributed by atoms with Crippen LogP contribution in [0.4, 0.5) is 0 Å². The highest BCUT2D eigenvalue weighted by Gasteiger charge is 2.15. The van der Waals surface area contributed by atoms with Crippen LogP contribution in [0.3, 0.4) is 0 Å². The summed E-state index contributed by atoms with van der Waals surface area (Å²) in [6.45, 7) is 3.91. The average molecular weight is 313 g/mol. The Labute approximate surface area is 127 Å². The molecule has 0 saturated heterocycles. The smallest absolute Gasteiger partial charge is 0.229 e. The van der Waals surface area contributed by atoms with Crippen LogP contribution < -0.4 is 0 Å². The first-order chi connectivity index (χ1) is 9.54. The van der Waals surface area contributed by atoms with E-state index in [9.17, 15) is 5.11 Å². The molecule has 0 aliphatic heterocycles. The molecule has 0 aliphatic carbocycles. The molecular formula is C14H17ClN2O2S. The number of rotatable bonds is 6. The molecule has 0 aliphatic rings. The van der Waals surface area contributed by atoms with Gasteiger partial charge in [0.15, 0.2) is 5.82 Å². The van der Waals surface area contributed by atoms with Gasteiger partial charge in [-0.1, -0.05) is 30.6 Å². The minimum Gasteiger partial charge on any atom is -0.392 e. The van der Waals surface area contributed by atoms with E-state index in [1.165, 1.54) is 0 Å². The number of aliphatic hydroxyl groups is 1. The number of aromatic nitrogens is 2. The van der Waals surface area contributed by atoms with Gasteiger partial charge in [0.2, 0.25) is 5.89 Å². The van der Waals surface area contributed by atoms with E-state index < -0.39 is 6.10 Å². The summed E-state index contributed by atoms with van der Waals surface area (Å²) in [5.41, 5.74) is 0. The van der Waals surface area contributed by atoms with E-state index in [-0.39, 0.29) is 5.92 Å². The molecule has 1 atom stereocenters. The highest BCUT2D eigenvalue weighted by Crippen LogP contribution is 2.23. The van der Waals surface area contributed by atoms with Gasteiger partial charge in [0.1, 0.15) is 0 Å². The SMILES string of the molecule is CC(C)C(O)Cc1nc(CSc2ccc(Cl)cc2)no1. The molecule has 0 fully saturated rings. The normalized spacial score (nSPS) is 12.8. The Hall–Kier alpha value is -1.04. The van der Waals surface area contributed by atoms with Gasteiger partial charge in [0.05, 0.1) is 18.3 Å². The first kappa shape index (κ1) is 15.4. The van der Waals surface area contributed by atoms with Crippen molar-refractivity contribution in [2.75, 3.05) is 0 Å². The lowest BCUT2D eigenvalue weighted by Gasteiger charge is -2.10. The second-order valence-electron chi connectivity index (χ2n) is 4.86. The summed E-state index contributed by atoms with van der Waals surface area (Å²) >= 11 is 7.45. The lowest BCUT2D eigenvalue weighted by atomic mass is 10.0. The number of aliphatic hydroxyl groups excluding tert-OH is 1. The number of thioether (sulfide) groups is 1. The molecular weight excluding hydrogens is 296 g/mol. The van der Waals surface area contributed by atoms with Crippen LogP contribution in [0.25, 0.3) is 0 Å². The molecule has 6 heteroatoms. The molecule has 0 radical (unpaired) electrons. The minimum absolute atomic E-state index is 0.175. The topological polar surface area (TPSA) is 59.2 Å². The maximum atomic E-state index is 9.78. The van der Waals surface area contributed by atoms with Gasteiger partial charge in [0, 0.05) is 9.92 Å². The van der Waals surface area contributed by atoms with Crippen LogP contribution in [0.2, 0.25) is 5.02 Å². The average Bonchev–Trinajstić information content (AvgIpc) is 2.85. The Morgan fingerprint density at radius 2 is 2.00 bits per heavy atom. The van der Waals surface area contributed by atoms with Crippen molar-refractivity contribution in [3.8, 4) is 0 Å². The van der Waals surface area contributed by atoms with Crippen LogP contribution in [-0.4, -0.2) is 21.4 Å². The van der Waals surface area contributed by atoms with Crippen molar-refractivity contribution >= 4 is 23.4 Å². The largest absolute Gasteiger partial charge is 0.392 e. The summed E-state index contributed by atoms with van der Waals surface area (Å²) in [4.78, 5) is 5.38. The van der Waals surface area contributed by atoms with E-state index in [0.29, 0.717) is 23.9 Å². The molecule has 2 rings (SSSR count). The van der Waals surface area contributed by atoms with Crippen LogP contribution in [-0.2, 0) is 12.2 Å². The first-order valence-corrected chi connectivity index (χ1v) is 7.79. The van der Waals surface area contributed by atoms with Gasteiger partial charge in [-0.3, -0.25) is 0 Å². The van der Waals surface area contributed by atoms with Gasteiger partial charge in [-0.05, 0) is 30.2 Å². The van der Waals surface area contributed by atoms with Gasteiger partial charge in [-0.25, -0.2) is 0 Å². The van der Waals surface area contributed by atoms with Crippen molar-refractivity contribution in [1.82, 2.24) is 10.1 Å². The quantitative estimate of drug-likeness (QED) is 0.826. The summed E-state index contributed by atoms with van der Waals surface area (Å²) < 4.78 is 5.14. The molecule has 4 nitrogen and oxygen atoms in total. The van der Waals surface area contributed by atoms with Crippen molar-refractivity contribution < 1.29 is 9.63 Å². The van der Waals surface area contributed by atoms with Crippen LogP contribution in [0, 0.1) is 5.92 Å². The Bertz CT molecular complexity index is 542. The monoisotopic (exact) mass is 312 g/mol. The zero-order chi connectivity index (χ0) is 14.5. The standard InChI is InChI=1S/C14H17ClN2O2S/c1-9(2)12(18)7-14-16-13(17-19-14)8-20-11-5-3-10(15)4-6-11/h3-6,9,12,18H,7-8H2,1-2H3. The maximum Gasteiger partial charge on any atom is 0.229 e. The Balaban J connectivity index is 1.88. The molecule has 1 unspecified atom stereocenters. The summed E-state index contributed by atoms with van der Waals surface area (Å²) in [7, 11) is 0. The molecule has 2 aromatic rings. The highest BCUT2D eigenvalue weighted by molar-refractivity contribution is 7.98. The third-order valence-electron chi connectivity index (χ3n) is 2.85. The predicted molar refractivity (Wildman–Crippen MR) is 79.9 cm³/mol. The Morgan fingerprint density at radius 1 is 1.30 bits per heavy atom. The summed E-state index contributed by atoms with van der Waals surface area (Å²) in [6.07, 6.45) is -0.0526. The number of hydrogen-bond acceptors (Lipinski definition) is 5. The second-order valence-corrected chi connectivity index (χ2v) is 6.35. The summed E-state index contributed by atoms with van der Waals surface area (Å²) in [5, 5.41) is 14.4. The summed E-state index contributed by atoms with van der Waals surface area (Å²) in [6, 6.07) is 7.61. The summed E-state index contributed by atoms with van der Waals surface area (Å²) in [5.74, 6) is 1.92. The van der Waals surface area contributed by atoms with E-state index in [2.05, 4.69) is 10.1 Å². The fourth-order valence-corrected chi connectivity index (χ4v) is 2.39. The Morgan fingerprint density at radius 3 is 2.65 bits per heavy atom. The number of halogens is 1. The molecule has 0 spiro atoms. The van der Waals surface area contributed by atoms with Crippen LogP contribution in [0.5, 0.6) is 0 Å². The molecule has 1 N–H and O–H groups in total. The van der Waals surface area contributed by atoms with Crippen molar-refractivity contribution in [3.05, 3.63) is 41.0 Å². The van der Waals surface area contributed by atoms with E-state index >= 15 is 0 Å².